The van der Waals surface area contributed by atoms with Crippen LogP contribution in [0.1, 0.15) is 34.6 Å². The number of likely N-dealkylation sites (N-methyl/N-ethyl adjacent to an activating group) is 2. The third kappa shape index (κ3) is 19.7. The number of ether oxygens (including phenoxy) is 4. The highest BCUT2D eigenvalue weighted by Gasteiger charge is 2.22. The number of ketones is 1. The van der Waals surface area contributed by atoms with Crippen LogP contribution in [0, 0.1) is 0 Å². The van der Waals surface area contributed by atoms with Crippen LogP contribution in [-0.2, 0) is 38.1 Å². The molecule has 0 aliphatic rings. The number of esters is 3. The average molecular weight is 562 g/mol. The molecule has 0 spiro atoms. The smallest absolute Gasteiger partial charge is 0.347 e. The Labute approximate surface area is 224 Å². The summed E-state index contributed by atoms with van der Waals surface area (Å²) < 4.78 is 19.9. The first-order valence-corrected chi connectivity index (χ1v) is 12.7. The van der Waals surface area contributed by atoms with E-state index in [0.29, 0.717) is 38.0 Å². The molecule has 0 aromatic rings. The molecule has 0 saturated heterocycles. The molecule has 0 fully saturated rings. The third-order valence-corrected chi connectivity index (χ3v) is 4.99. The summed E-state index contributed by atoms with van der Waals surface area (Å²) in [7, 11) is 3.78. The molecular formula is C23H42Cl2N2O9. The topological polar surface area (TPSA) is 132 Å². The molecular weight excluding hydrogens is 519 g/mol. The zero-order valence-corrected chi connectivity index (χ0v) is 23.8. The Morgan fingerprint density at radius 3 is 1.64 bits per heavy atom. The summed E-state index contributed by atoms with van der Waals surface area (Å²) in [5.41, 5.74) is 0. The van der Waals surface area contributed by atoms with Gasteiger partial charge in [0.15, 0.2) is 24.1 Å². The van der Waals surface area contributed by atoms with Gasteiger partial charge in [-0.1, -0.05) is 0 Å². The van der Waals surface area contributed by atoms with E-state index in [1.54, 1.807) is 13.8 Å². The predicted molar refractivity (Wildman–Crippen MR) is 136 cm³/mol. The molecule has 1 N–H and O–H groups in total. The molecule has 0 radical (unpaired) electrons. The number of carbonyl (C=O) groups is 4. The lowest BCUT2D eigenvalue weighted by atomic mass is 10.3. The van der Waals surface area contributed by atoms with Crippen molar-refractivity contribution in [2.45, 2.75) is 59.0 Å². The third-order valence-electron chi connectivity index (χ3n) is 4.65. The van der Waals surface area contributed by atoms with Crippen LogP contribution in [0.3, 0.4) is 0 Å². The van der Waals surface area contributed by atoms with Crippen molar-refractivity contribution in [2.24, 2.45) is 0 Å². The summed E-state index contributed by atoms with van der Waals surface area (Å²) in [5, 5.41) is 8.91. The Balaban J connectivity index is 0. The number of carbonyl (C=O) groups excluding carboxylic acids is 4. The van der Waals surface area contributed by atoms with Crippen molar-refractivity contribution in [3.05, 3.63) is 0 Å². The monoisotopic (exact) mass is 560 g/mol. The van der Waals surface area contributed by atoms with Crippen molar-refractivity contribution in [2.75, 3.05) is 65.2 Å². The fraction of sp³-hybridized carbons (Fsp3) is 0.826. The first-order valence-electron chi connectivity index (χ1n) is 11.6. The lowest BCUT2D eigenvalue weighted by molar-refractivity contribution is -0.171. The van der Waals surface area contributed by atoms with Gasteiger partial charge < -0.3 is 33.9 Å². The largest absolute Gasteiger partial charge is 0.462 e. The summed E-state index contributed by atoms with van der Waals surface area (Å²) in [6, 6.07) is 0. The SMILES string of the molecule is CC(=O)C(C)OC(=O)C(C)OCCN(C)CCCl.CC(O)C(=O)OC(C)C(=O)OCCN(C)CCCl. The maximum Gasteiger partial charge on any atom is 0.347 e. The lowest BCUT2D eigenvalue weighted by Gasteiger charge is -2.18. The van der Waals surface area contributed by atoms with Gasteiger partial charge in [-0.25, -0.2) is 14.4 Å². The highest BCUT2D eigenvalue weighted by molar-refractivity contribution is 6.18. The molecule has 0 aliphatic carbocycles. The number of aliphatic hydroxyl groups excluding tert-OH is 1. The zero-order valence-electron chi connectivity index (χ0n) is 22.3. The van der Waals surface area contributed by atoms with Gasteiger partial charge in [0.25, 0.3) is 0 Å². The maximum atomic E-state index is 11.5. The fourth-order valence-corrected chi connectivity index (χ4v) is 2.64. The van der Waals surface area contributed by atoms with Crippen molar-refractivity contribution in [3.8, 4) is 0 Å². The van der Waals surface area contributed by atoms with Gasteiger partial charge in [0.1, 0.15) is 12.7 Å². The quantitative estimate of drug-likeness (QED) is 0.156. The summed E-state index contributed by atoms with van der Waals surface area (Å²) in [5.74, 6) is -1.12. The van der Waals surface area contributed by atoms with Gasteiger partial charge in [0.2, 0.25) is 0 Å². The minimum absolute atomic E-state index is 0.183. The summed E-state index contributed by atoms with van der Waals surface area (Å²) in [4.78, 5) is 48.8. The number of halogens is 2. The van der Waals surface area contributed by atoms with E-state index < -0.39 is 42.3 Å². The van der Waals surface area contributed by atoms with E-state index in [9.17, 15) is 19.2 Å². The molecule has 11 nitrogen and oxygen atoms in total. The normalized spacial score (nSPS) is 14.2. The Hall–Kier alpha value is -1.50. The van der Waals surface area contributed by atoms with E-state index in [2.05, 4.69) is 4.74 Å². The fourth-order valence-electron chi connectivity index (χ4n) is 2.06. The number of rotatable bonds is 17. The number of alkyl halides is 2. The molecule has 0 aliphatic heterocycles. The van der Waals surface area contributed by atoms with Crippen molar-refractivity contribution in [1.82, 2.24) is 9.80 Å². The minimum Gasteiger partial charge on any atom is -0.462 e. The standard InChI is InChI=1S/C12H22ClNO4.C11H20ClNO5/c1-9(15)10(2)18-12(16)11(3)17-8-7-14(4)6-5-13;1-8(14)10(15)18-9(2)11(16)17-7-6-13(3)5-4-12/h10-11H,5-8H2,1-4H3;8-9,14H,4-7H2,1-3H3. The molecule has 0 bridgehead atoms. The second kappa shape index (κ2) is 21.6. The molecule has 36 heavy (non-hydrogen) atoms. The van der Waals surface area contributed by atoms with E-state index in [1.807, 2.05) is 23.9 Å². The van der Waals surface area contributed by atoms with Crippen molar-refractivity contribution in [1.29, 1.82) is 0 Å². The molecule has 212 valence electrons. The molecule has 0 saturated carbocycles. The average Bonchev–Trinajstić information content (AvgIpc) is 2.79. The number of hydrogen-bond donors (Lipinski definition) is 1. The second-order valence-electron chi connectivity index (χ2n) is 8.11. The number of Topliss-reactive ketones (excluding diaryl/α,β-unsaturated/α-hetero) is 1. The van der Waals surface area contributed by atoms with Crippen LogP contribution in [0.5, 0.6) is 0 Å². The lowest BCUT2D eigenvalue weighted by Crippen LogP contribution is -2.32. The highest BCUT2D eigenvalue weighted by atomic mass is 35.5. The second-order valence-corrected chi connectivity index (χ2v) is 8.87. The van der Waals surface area contributed by atoms with Crippen molar-refractivity contribution in [3.63, 3.8) is 0 Å². The molecule has 0 heterocycles. The Morgan fingerprint density at radius 2 is 1.19 bits per heavy atom. The Kier molecular flexibility index (Phi) is 22.0. The van der Waals surface area contributed by atoms with Gasteiger partial charge in [-0.3, -0.25) is 4.79 Å². The van der Waals surface area contributed by atoms with E-state index in [1.165, 1.54) is 20.8 Å². The van der Waals surface area contributed by atoms with Crippen molar-refractivity contribution < 1.29 is 43.2 Å². The van der Waals surface area contributed by atoms with Crippen LogP contribution in [-0.4, -0.2) is 128 Å². The van der Waals surface area contributed by atoms with Crippen LogP contribution in [0.4, 0.5) is 0 Å². The first-order chi connectivity index (χ1) is 16.8. The van der Waals surface area contributed by atoms with Gasteiger partial charge in [-0.2, -0.15) is 0 Å². The van der Waals surface area contributed by atoms with Crippen LogP contribution in [0.2, 0.25) is 0 Å². The number of hydrogen-bond acceptors (Lipinski definition) is 11. The minimum atomic E-state index is -1.25. The zero-order chi connectivity index (χ0) is 28.3. The van der Waals surface area contributed by atoms with E-state index in [-0.39, 0.29) is 12.4 Å². The number of aliphatic hydroxyl groups is 1. The van der Waals surface area contributed by atoms with Gasteiger partial charge in [-0.05, 0) is 48.7 Å². The van der Waals surface area contributed by atoms with E-state index >= 15 is 0 Å². The van der Waals surface area contributed by atoms with Gasteiger partial charge in [-0.15, -0.1) is 23.2 Å². The van der Waals surface area contributed by atoms with E-state index in [0.717, 1.165) is 6.54 Å². The molecule has 4 unspecified atom stereocenters. The molecule has 4 atom stereocenters. The summed E-state index contributed by atoms with van der Waals surface area (Å²) in [6.45, 7) is 10.5. The molecule has 0 aromatic carbocycles. The van der Waals surface area contributed by atoms with Crippen LogP contribution >= 0.6 is 23.2 Å². The predicted octanol–water partition coefficient (Wildman–Crippen LogP) is 1.10. The van der Waals surface area contributed by atoms with Gasteiger partial charge in [0.05, 0.1) is 6.61 Å². The first kappa shape index (κ1) is 36.7. The molecule has 13 heteroatoms. The summed E-state index contributed by atoms with van der Waals surface area (Å²) in [6.07, 6.45) is -3.67. The van der Waals surface area contributed by atoms with Gasteiger partial charge in [0, 0.05) is 37.9 Å². The Bertz CT molecular complexity index is 653. The maximum absolute atomic E-state index is 11.5. The highest BCUT2D eigenvalue weighted by Crippen LogP contribution is 2.01. The van der Waals surface area contributed by atoms with E-state index in [4.69, 9.17) is 42.5 Å². The number of nitrogens with zero attached hydrogens (tertiary/aromatic N) is 2. The summed E-state index contributed by atoms with van der Waals surface area (Å²) >= 11 is 11.1. The van der Waals surface area contributed by atoms with Crippen LogP contribution in [0.15, 0.2) is 0 Å². The molecule has 0 amide bonds. The Morgan fingerprint density at radius 1 is 0.722 bits per heavy atom. The van der Waals surface area contributed by atoms with Gasteiger partial charge >= 0.3 is 17.9 Å². The molecule has 0 aromatic heterocycles. The molecule has 0 rings (SSSR count). The van der Waals surface area contributed by atoms with Crippen LogP contribution in [0.25, 0.3) is 0 Å². The van der Waals surface area contributed by atoms with Crippen molar-refractivity contribution >= 4 is 46.9 Å². The van der Waals surface area contributed by atoms with Crippen LogP contribution < -0.4 is 0 Å².